The number of benzene rings is 1. The van der Waals surface area contributed by atoms with Gasteiger partial charge in [0, 0.05) is 31.3 Å². The van der Waals surface area contributed by atoms with Crippen LogP contribution < -0.4 is 4.74 Å². The van der Waals surface area contributed by atoms with E-state index in [0.29, 0.717) is 5.56 Å². The van der Waals surface area contributed by atoms with Crippen molar-refractivity contribution in [3.05, 3.63) is 59.0 Å². The van der Waals surface area contributed by atoms with Crippen molar-refractivity contribution in [1.29, 1.82) is 0 Å². The van der Waals surface area contributed by atoms with E-state index in [2.05, 4.69) is 16.8 Å². The van der Waals surface area contributed by atoms with Crippen LogP contribution in [-0.4, -0.2) is 81.8 Å². The molecular weight excluding hydrogens is 453 g/mol. The molecule has 35 heavy (non-hydrogen) atoms. The quantitative estimate of drug-likeness (QED) is 0.631. The summed E-state index contributed by atoms with van der Waals surface area (Å²) in [5.41, 5.74) is 0.553. The van der Waals surface area contributed by atoms with Gasteiger partial charge in [-0.2, -0.15) is 0 Å². The van der Waals surface area contributed by atoms with Crippen LogP contribution in [0.25, 0.3) is 0 Å². The van der Waals surface area contributed by atoms with Gasteiger partial charge in [-0.25, -0.2) is 9.37 Å². The number of ether oxygens (including phenoxy) is 1. The minimum absolute atomic E-state index is 0.0425. The molecule has 0 saturated carbocycles. The third-order valence-corrected chi connectivity index (χ3v) is 5.85. The molecular formula is C26H30FN3O5. The number of carbonyl (C=O) groups excluding carboxylic acids is 2. The summed E-state index contributed by atoms with van der Waals surface area (Å²) < 4.78 is 20.3. The minimum atomic E-state index is -0.845. The molecule has 1 aromatic carbocycles. The van der Waals surface area contributed by atoms with Gasteiger partial charge in [-0.1, -0.05) is 30.9 Å². The van der Waals surface area contributed by atoms with E-state index < -0.39 is 30.0 Å². The van der Waals surface area contributed by atoms with Gasteiger partial charge in [0.2, 0.25) is 5.88 Å². The molecule has 2 aromatic rings. The van der Waals surface area contributed by atoms with Gasteiger partial charge in [-0.05, 0) is 32.0 Å². The monoisotopic (exact) mass is 483 g/mol. The van der Waals surface area contributed by atoms with Crippen molar-refractivity contribution in [3.63, 3.8) is 0 Å². The third-order valence-electron chi connectivity index (χ3n) is 5.85. The summed E-state index contributed by atoms with van der Waals surface area (Å²) in [7, 11) is 1.56. The second-order valence-corrected chi connectivity index (χ2v) is 8.81. The largest absolute Gasteiger partial charge is 0.472 e. The Bertz CT molecular complexity index is 1140. The molecule has 0 radical (unpaired) electrons. The average Bonchev–Trinajstić information content (AvgIpc) is 2.84. The van der Waals surface area contributed by atoms with Crippen LogP contribution in [0.3, 0.4) is 0 Å². The van der Waals surface area contributed by atoms with Crippen molar-refractivity contribution in [2.75, 3.05) is 26.7 Å². The van der Waals surface area contributed by atoms with Crippen LogP contribution in [0, 0.1) is 23.6 Å². The summed E-state index contributed by atoms with van der Waals surface area (Å²) in [6.07, 6.45) is 0.0271. The van der Waals surface area contributed by atoms with Crippen LogP contribution in [-0.2, 0) is 0 Å². The number of nitrogens with zero attached hydrogens (tertiary/aromatic N) is 3. The smallest absolute Gasteiger partial charge is 0.259 e. The normalized spacial score (nSPS) is 19.3. The SMILES string of the molecule is C[C@H](O)C#Cc1cnc2c(c1)C(=O)N([C@H](C)CO)C[C@@H](C)[C@@H](CN(C)C(=O)c1ccccc1F)O2. The number of aromatic nitrogens is 1. The highest BCUT2D eigenvalue weighted by Crippen LogP contribution is 2.27. The zero-order chi connectivity index (χ0) is 25.7. The molecule has 3 rings (SSSR count). The molecule has 1 aliphatic heterocycles. The van der Waals surface area contributed by atoms with E-state index in [1.807, 2.05) is 6.92 Å². The highest BCUT2D eigenvalue weighted by molar-refractivity contribution is 5.97. The van der Waals surface area contributed by atoms with E-state index >= 15 is 0 Å². The van der Waals surface area contributed by atoms with Gasteiger partial charge >= 0.3 is 0 Å². The molecule has 4 atom stereocenters. The van der Waals surface area contributed by atoms with E-state index in [1.165, 1.54) is 36.2 Å². The van der Waals surface area contributed by atoms with Crippen LogP contribution >= 0.6 is 0 Å². The van der Waals surface area contributed by atoms with E-state index in [4.69, 9.17) is 4.74 Å². The standard InChI is InChI=1S/C26H30FN3O5/c1-16-13-30(17(2)15-31)26(34)21-11-19(10-9-18(3)32)12-28-24(21)35-23(16)14-29(4)25(33)20-7-5-6-8-22(20)27/h5-8,11-12,16-18,23,31-32H,13-15H2,1-4H3/t16-,17-,18+,23-/m1/s1. The maximum absolute atomic E-state index is 14.2. The fourth-order valence-electron chi connectivity index (χ4n) is 3.77. The molecule has 0 spiro atoms. The molecule has 0 saturated heterocycles. The first-order valence-corrected chi connectivity index (χ1v) is 11.4. The van der Waals surface area contributed by atoms with Crippen molar-refractivity contribution in [2.45, 2.75) is 39.0 Å². The fraction of sp³-hybridized carbons (Fsp3) is 0.423. The third kappa shape index (κ3) is 6.15. The molecule has 2 heterocycles. The summed E-state index contributed by atoms with van der Waals surface area (Å²) in [4.78, 5) is 33.5. The van der Waals surface area contributed by atoms with Crippen molar-refractivity contribution in [2.24, 2.45) is 5.92 Å². The molecule has 1 aliphatic rings. The maximum atomic E-state index is 14.2. The summed E-state index contributed by atoms with van der Waals surface area (Å²) in [6, 6.07) is 6.83. The molecule has 0 bridgehead atoms. The van der Waals surface area contributed by atoms with Gasteiger partial charge in [-0.3, -0.25) is 9.59 Å². The van der Waals surface area contributed by atoms with Gasteiger partial charge in [-0.15, -0.1) is 0 Å². The van der Waals surface area contributed by atoms with Crippen molar-refractivity contribution >= 4 is 11.8 Å². The van der Waals surface area contributed by atoms with Crippen LogP contribution in [0.2, 0.25) is 0 Å². The molecule has 0 fully saturated rings. The number of carbonyl (C=O) groups is 2. The Labute approximate surface area is 204 Å². The predicted octanol–water partition coefficient (Wildman–Crippen LogP) is 1.95. The first kappa shape index (κ1) is 26.1. The zero-order valence-corrected chi connectivity index (χ0v) is 20.2. The van der Waals surface area contributed by atoms with Crippen LogP contribution in [0.1, 0.15) is 47.1 Å². The van der Waals surface area contributed by atoms with Gasteiger partial charge in [0.25, 0.3) is 11.8 Å². The molecule has 9 heteroatoms. The number of aliphatic hydroxyl groups excluding tert-OH is 2. The Morgan fingerprint density at radius 3 is 2.74 bits per heavy atom. The highest BCUT2D eigenvalue weighted by Gasteiger charge is 2.35. The number of hydrogen-bond donors (Lipinski definition) is 2. The lowest BCUT2D eigenvalue weighted by Gasteiger charge is -2.37. The fourth-order valence-corrected chi connectivity index (χ4v) is 3.77. The van der Waals surface area contributed by atoms with Crippen molar-refractivity contribution < 1.29 is 28.9 Å². The highest BCUT2D eigenvalue weighted by atomic mass is 19.1. The summed E-state index contributed by atoms with van der Waals surface area (Å²) in [5.74, 6) is 3.76. The van der Waals surface area contributed by atoms with Gasteiger partial charge < -0.3 is 24.7 Å². The zero-order valence-electron chi connectivity index (χ0n) is 20.2. The molecule has 1 aromatic heterocycles. The molecule has 2 amide bonds. The van der Waals surface area contributed by atoms with E-state index in [9.17, 15) is 24.2 Å². The summed E-state index contributed by atoms with van der Waals surface area (Å²) in [6.45, 7) is 5.28. The average molecular weight is 484 g/mol. The Balaban J connectivity index is 1.96. The lowest BCUT2D eigenvalue weighted by molar-refractivity contribution is 0.0312. The number of halogens is 1. The van der Waals surface area contributed by atoms with Crippen LogP contribution in [0.4, 0.5) is 4.39 Å². The number of fused-ring (bicyclic) bond motifs is 1. The molecule has 0 unspecified atom stereocenters. The molecule has 0 aliphatic carbocycles. The van der Waals surface area contributed by atoms with E-state index in [0.717, 1.165) is 0 Å². The summed E-state index contributed by atoms with van der Waals surface area (Å²) >= 11 is 0. The van der Waals surface area contributed by atoms with Crippen molar-refractivity contribution in [3.8, 4) is 17.7 Å². The first-order valence-electron chi connectivity index (χ1n) is 11.4. The predicted molar refractivity (Wildman–Crippen MR) is 127 cm³/mol. The molecule has 8 nitrogen and oxygen atoms in total. The number of rotatable bonds is 5. The molecule has 186 valence electrons. The van der Waals surface area contributed by atoms with Gasteiger partial charge in [0.15, 0.2) is 0 Å². The van der Waals surface area contributed by atoms with E-state index in [-0.39, 0.29) is 48.5 Å². The van der Waals surface area contributed by atoms with Crippen LogP contribution in [0.15, 0.2) is 36.5 Å². The van der Waals surface area contributed by atoms with E-state index in [1.54, 1.807) is 31.0 Å². The Kier molecular flexibility index (Phi) is 8.43. The number of amides is 2. The lowest BCUT2D eigenvalue weighted by Crippen LogP contribution is -2.50. The number of likely N-dealkylation sites (N-methyl/N-ethyl adjacent to an activating group) is 1. The van der Waals surface area contributed by atoms with Crippen LogP contribution in [0.5, 0.6) is 5.88 Å². The second kappa shape index (κ2) is 11.3. The molecule has 2 N–H and O–H groups in total. The van der Waals surface area contributed by atoms with Gasteiger partial charge in [0.1, 0.15) is 23.6 Å². The second-order valence-electron chi connectivity index (χ2n) is 8.81. The number of pyridine rings is 1. The van der Waals surface area contributed by atoms with Crippen molar-refractivity contribution in [1.82, 2.24) is 14.8 Å². The summed E-state index contributed by atoms with van der Waals surface area (Å²) in [5, 5.41) is 19.2. The maximum Gasteiger partial charge on any atom is 0.259 e. The Morgan fingerprint density at radius 2 is 2.09 bits per heavy atom. The van der Waals surface area contributed by atoms with Gasteiger partial charge in [0.05, 0.1) is 24.8 Å². The topological polar surface area (TPSA) is 103 Å². The Morgan fingerprint density at radius 1 is 1.37 bits per heavy atom. The first-order chi connectivity index (χ1) is 16.6. The number of hydrogen-bond acceptors (Lipinski definition) is 6. The minimum Gasteiger partial charge on any atom is -0.472 e. The Hall–Kier alpha value is -3.48. The number of aliphatic hydroxyl groups is 2. The lowest BCUT2D eigenvalue weighted by atomic mass is 9.99.